The van der Waals surface area contributed by atoms with Gasteiger partial charge in [0, 0.05) is 13.2 Å². The van der Waals surface area contributed by atoms with Crippen LogP contribution in [0.15, 0.2) is 0 Å². The van der Waals surface area contributed by atoms with Crippen LogP contribution >= 0.6 is 0 Å². The maximum absolute atomic E-state index is 6.77. The van der Waals surface area contributed by atoms with Crippen LogP contribution in [0.3, 0.4) is 0 Å². The molecule has 0 aliphatic carbocycles. The van der Waals surface area contributed by atoms with Gasteiger partial charge in [0.15, 0.2) is 0 Å². The molecule has 2 fully saturated rings. The normalized spacial score (nSPS) is 33.1. The largest absolute Gasteiger partial charge is 0.376 e. The highest BCUT2D eigenvalue weighted by molar-refractivity contribution is 6.67. The first kappa shape index (κ1) is 20.6. The third kappa shape index (κ3) is 4.34. The van der Waals surface area contributed by atoms with E-state index in [1.807, 2.05) is 0 Å². The van der Waals surface area contributed by atoms with Crippen LogP contribution in [-0.4, -0.2) is 66.8 Å². The zero-order valence-electron chi connectivity index (χ0n) is 16.9. The summed E-state index contributed by atoms with van der Waals surface area (Å²) in [5.74, 6) is 0. The van der Waals surface area contributed by atoms with Crippen LogP contribution in [0.2, 0.25) is 25.7 Å². The average molecular weight is 372 g/mol. The lowest BCUT2D eigenvalue weighted by Gasteiger charge is -2.58. The van der Waals surface area contributed by atoms with E-state index in [0.717, 1.165) is 13.2 Å². The molecule has 0 radical (unpaired) electrons. The monoisotopic (exact) mass is 371 g/mol. The maximum Gasteiger partial charge on any atom is 0.0800 e. The summed E-state index contributed by atoms with van der Waals surface area (Å²) in [5.41, 5.74) is 0. The first-order valence-electron chi connectivity index (χ1n) is 10.4. The highest BCUT2D eigenvalue weighted by Crippen LogP contribution is 2.47. The van der Waals surface area contributed by atoms with Gasteiger partial charge in [-0.25, -0.2) is 0 Å². The lowest BCUT2D eigenvalue weighted by Crippen LogP contribution is -2.71. The molecule has 3 unspecified atom stereocenters. The summed E-state index contributed by atoms with van der Waals surface area (Å²) < 4.78 is 13.5. The Labute approximate surface area is 153 Å². The van der Waals surface area contributed by atoms with Crippen LogP contribution < -0.4 is 0 Å². The van der Waals surface area contributed by atoms with Crippen molar-refractivity contribution in [3.8, 4) is 0 Å². The third-order valence-electron chi connectivity index (χ3n) is 6.54. The Hall–Kier alpha value is 0.314. The minimum atomic E-state index is -1.01. The quantitative estimate of drug-likeness (QED) is 0.480. The summed E-state index contributed by atoms with van der Waals surface area (Å²) in [6, 6.07) is 1.42. The highest BCUT2D eigenvalue weighted by Gasteiger charge is 2.58. The van der Waals surface area contributed by atoms with Gasteiger partial charge in [0.1, 0.15) is 0 Å². The minimum absolute atomic E-state index is 0.124. The summed E-state index contributed by atoms with van der Waals surface area (Å²) in [4.78, 5) is 2.31. The molecular weight excluding hydrogens is 330 g/mol. The molecule has 0 aromatic carbocycles. The Balaban J connectivity index is 2.14. The highest BCUT2D eigenvalue weighted by atomic mass is 28.3. The predicted molar refractivity (Wildman–Crippen MR) is 110 cm³/mol. The molecule has 2 aliphatic heterocycles. The smallest absolute Gasteiger partial charge is 0.0800 e. The van der Waals surface area contributed by atoms with Crippen LogP contribution in [-0.2, 0) is 9.47 Å². The van der Waals surface area contributed by atoms with Crippen LogP contribution in [0.4, 0.5) is 0 Å². The second-order valence-corrected chi connectivity index (χ2v) is 15.3. The lowest BCUT2D eigenvalue weighted by molar-refractivity contribution is -0.164. The van der Waals surface area contributed by atoms with Crippen molar-refractivity contribution in [1.82, 2.24) is 4.90 Å². The molecule has 2 saturated heterocycles. The molecule has 0 amide bonds. The van der Waals surface area contributed by atoms with Crippen molar-refractivity contribution in [2.45, 2.75) is 87.5 Å². The Bertz CT molecular complexity index is 364. The first-order chi connectivity index (χ1) is 11.4. The van der Waals surface area contributed by atoms with E-state index in [9.17, 15) is 0 Å². The molecule has 5 heteroatoms. The average Bonchev–Trinajstić information content (AvgIpc) is 2.59. The molecule has 3 atom stereocenters. The van der Waals surface area contributed by atoms with E-state index in [2.05, 4.69) is 38.6 Å². The molecule has 24 heavy (non-hydrogen) atoms. The molecule has 2 heterocycles. The van der Waals surface area contributed by atoms with E-state index in [-0.39, 0.29) is 10.4 Å². The van der Waals surface area contributed by atoms with Crippen molar-refractivity contribution in [2.75, 3.05) is 33.9 Å². The molecule has 0 N–H and O–H groups in total. The molecule has 3 nitrogen and oxygen atoms in total. The van der Waals surface area contributed by atoms with E-state index in [1.54, 1.807) is 0 Å². The Kier molecular flexibility index (Phi) is 8.00. The van der Waals surface area contributed by atoms with Gasteiger partial charge in [-0.15, -0.1) is 0 Å². The van der Waals surface area contributed by atoms with Gasteiger partial charge in [0.2, 0.25) is 0 Å². The molecular formula is C19H41NO2Si2. The van der Waals surface area contributed by atoms with Crippen molar-refractivity contribution in [3.63, 3.8) is 0 Å². The van der Waals surface area contributed by atoms with Gasteiger partial charge in [0.05, 0.1) is 28.0 Å². The van der Waals surface area contributed by atoms with Gasteiger partial charge in [0.25, 0.3) is 0 Å². The second kappa shape index (κ2) is 9.31. The van der Waals surface area contributed by atoms with E-state index in [1.165, 1.54) is 64.0 Å². The van der Waals surface area contributed by atoms with Gasteiger partial charge in [-0.05, 0) is 65.6 Å². The Morgan fingerprint density at radius 3 is 1.88 bits per heavy atom. The maximum atomic E-state index is 6.77. The molecule has 0 aromatic rings. The molecule has 2 aliphatic rings. The summed E-state index contributed by atoms with van der Waals surface area (Å²) in [5, 5.41) is 0.253. The number of nitrogens with zero attached hydrogens (tertiary/aromatic N) is 1. The molecule has 0 saturated carbocycles. The number of rotatable bonds is 8. The molecule has 0 spiro atoms. The van der Waals surface area contributed by atoms with Crippen molar-refractivity contribution in [1.29, 1.82) is 0 Å². The SMILES string of the molecule is CN(C)CCCC[SiH](C)C1(C2([SiH](C)C)CCCCO2)CCCCO1. The van der Waals surface area contributed by atoms with E-state index in [4.69, 9.17) is 9.47 Å². The summed E-state index contributed by atoms with van der Waals surface area (Å²) in [7, 11) is 2.39. The van der Waals surface area contributed by atoms with Gasteiger partial charge in [-0.1, -0.05) is 32.1 Å². The number of hydrogen-bond acceptors (Lipinski definition) is 3. The van der Waals surface area contributed by atoms with Crippen molar-refractivity contribution < 1.29 is 9.47 Å². The second-order valence-electron chi connectivity index (χ2n) is 8.74. The fourth-order valence-electron chi connectivity index (χ4n) is 5.16. The molecule has 142 valence electrons. The van der Waals surface area contributed by atoms with Crippen molar-refractivity contribution >= 4 is 17.6 Å². The van der Waals surface area contributed by atoms with Gasteiger partial charge < -0.3 is 14.4 Å². The number of ether oxygens (including phenoxy) is 2. The summed E-state index contributed by atoms with van der Waals surface area (Å²) in [6.45, 7) is 10.8. The fraction of sp³-hybridized carbons (Fsp3) is 1.00. The molecule has 0 bridgehead atoms. The Morgan fingerprint density at radius 1 is 0.833 bits per heavy atom. The lowest BCUT2D eigenvalue weighted by atomic mass is 9.96. The number of unbranched alkanes of at least 4 members (excludes halogenated alkanes) is 1. The van der Waals surface area contributed by atoms with Crippen LogP contribution in [0, 0.1) is 0 Å². The first-order valence-corrected chi connectivity index (χ1v) is 15.8. The van der Waals surface area contributed by atoms with E-state index in [0.29, 0.717) is 0 Å². The van der Waals surface area contributed by atoms with E-state index < -0.39 is 17.6 Å². The summed E-state index contributed by atoms with van der Waals surface area (Å²) >= 11 is 0. The summed E-state index contributed by atoms with van der Waals surface area (Å²) in [6.07, 6.45) is 10.4. The Morgan fingerprint density at radius 2 is 1.42 bits per heavy atom. The zero-order valence-corrected chi connectivity index (χ0v) is 19.2. The number of hydrogen-bond donors (Lipinski definition) is 0. The molecule has 0 aromatic heterocycles. The zero-order chi connectivity index (χ0) is 17.6. The van der Waals surface area contributed by atoms with Gasteiger partial charge >= 0.3 is 0 Å². The fourth-order valence-corrected chi connectivity index (χ4v) is 13.0. The van der Waals surface area contributed by atoms with Crippen molar-refractivity contribution in [2.24, 2.45) is 0 Å². The van der Waals surface area contributed by atoms with Crippen molar-refractivity contribution in [3.05, 3.63) is 0 Å². The van der Waals surface area contributed by atoms with Crippen LogP contribution in [0.5, 0.6) is 0 Å². The third-order valence-corrected chi connectivity index (χ3v) is 13.5. The molecule has 2 rings (SSSR count). The van der Waals surface area contributed by atoms with E-state index >= 15 is 0 Å². The topological polar surface area (TPSA) is 21.7 Å². The standard InChI is InChI=1S/C19H41NO2Si2/c1-20(2)14-8-11-17-24(5)19(13-7-10-16-22-19)18(23(3)4)12-6-9-15-21-18/h23-24H,6-17H2,1-5H3. The van der Waals surface area contributed by atoms with Gasteiger partial charge in [-0.2, -0.15) is 0 Å². The van der Waals surface area contributed by atoms with Crippen LogP contribution in [0.1, 0.15) is 51.4 Å². The predicted octanol–water partition coefficient (Wildman–Crippen LogP) is 3.63. The minimum Gasteiger partial charge on any atom is -0.376 e. The van der Waals surface area contributed by atoms with Gasteiger partial charge in [-0.3, -0.25) is 0 Å². The van der Waals surface area contributed by atoms with Crippen LogP contribution in [0.25, 0.3) is 0 Å².